The van der Waals surface area contributed by atoms with Crippen LogP contribution in [0, 0.1) is 5.41 Å². The SMILES string of the molecule is CCOc1ccnc(N2CCC[C@@]3(CCNC3)C2)n1. The Kier molecular flexibility index (Phi) is 3.55. The van der Waals surface area contributed by atoms with Gasteiger partial charge in [-0.3, -0.25) is 0 Å². The molecule has 3 rings (SSSR count). The van der Waals surface area contributed by atoms with Crippen molar-refractivity contribution in [1.29, 1.82) is 0 Å². The third-order valence-corrected chi connectivity index (χ3v) is 4.19. The molecule has 19 heavy (non-hydrogen) atoms. The molecule has 0 saturated carbocycles. The lowest BCUT2D eigenvalue weighted by Gasteiger charge is -2.40. The van der Waals surface area contributed by atoms with E-state index < -0.39 is 0 Å². The lowest BCUT2D eigenvalue weighted by atomic mass is 9.79. The third kappa shape index (κ3) is 2.66. The van der Waals surface area contributed by atoms with Gasteiger partial charge in [0.15, 0.2) is 0 Å². The van der Waals surface area contributed by atoms with Gasteiger partial charge in [-0.25, -0.2) is 4.98 Å². The van der Waals surface area contributed by atoms with Crippen molar-refractivity contribution in [3.05, 3.63) is 12.3 Å². The van der Waals surface area contributed by atoms with Gasteiger partial charge in [-0.15, -0.1) is 0 Å². The number of nitrogens with zero attached hydrogens (tertiary/aromatic N) is 3. The molecule has 2 fully saturated rings. The van der Waals surface area contributed by atoms with E-state index in [2.05, 4.69) is 20.2 Å². The molecule has 1 atom stereocenters. The van der Waals surface area contributed by atoms with E-state index in [1.165, 1.54) is 19.3 Å². The van der Waals surface area contributed by atoms with E-state index in [0.717, 1.165) is 32.1 Å². The fourth-order valence-electron chi connectivity index (χ4n) is 3.24. The molecule has 1 aromatic rings. The van der Waals surface area contributed by atoms with Crippen molar-refractivity contribution >= 4 is 5.95 Å². The van der Waals surface area contributed by atoms with E-state index >= 15 is 0 Å². The van der Waals surface area contributed by atoms with Gasteiger partial charge in [0, 0.05) is 37.3 Å². The molecule has 3 heterocycles. The number of anilines is 1. The molecule has 104 valence electrons. The van der Waals surface area contributed by atoms with Crippen molar-refractivity contribution in [2.24, 2.45) is 5.41 Å². The molecular formula is C14H22N4O. The van der Waals surface area contributed by atoms with Gasteiger partial charge in [-0.05, 0) is 32.7 Å². The van der Waals surface area contributed by atoms with E-state index in [1.807, 2.05) is 13.0 Å². The number of nitrogens with one attached hydrogen (secondary N) is 1. The minimum atomic E-state index is 0.434. The minimum Gasteiger partial charge on any atom is -0.478 e. The van der Waals surface area contributed by atoms with Crippen molar-refractivity contribution in [2.45, 2.75) is 26.2 Å². The van der Waals surface area contributed by atoms with E-state index in [9.17, 15) is 0 Å². The first-order valence-corrected chi connectivity index (χ1v) is 7.23. The number of hydrogen-bond acceptors (Lipinski definition) is 5. The van der Waals surface area contributed by atoms with Crippen molar-refractivity contribution in [1.82, 2.24) is 15.3 Å². The van der Waals surface area contributed by atoms with Gasteiger partial charge >= 0.3 is 0 Å². The van der Waals surface area contributed by atoms with E-state index in [-0.39, 0.29) is 0 Å². The molecule has 0 radical (unpaired) electrons. The van der Waals surface area contributed by atoms with E-state index in [0.29, 0.717) is 17.9 Å². The van der Waals surface area contributed by atoms with Crippen LogP contribution in [0.5, 0.6) is 5.88 Å². The van der Waals surface area contributed by atoms with Crippen LogP contribution in [0.1, 0.15) is 26.2 Å². The molecular weight excluding hydrogens is 240 g/mol. The number of piperidine rings is 1. The highest BCUT2D eigenvalue weighted by Gasteiger charge is 2.38. The maximum atomic E-state index is 5.46. The van der Waals surface area contributed by atoms with E-state index in [1.54, 1.807) is 6.20 Å². The van der Waals surface area contributed by atoms with Crippen LogP contribution < -0.4 is 15.0 Å². The average Bonchev–Trinajstić information content (AvgIpc) is 2.87. The number of ether oxygens (including phenoxy) is 1. The largest absolute Gasteiger partial charge is 0.478 e. The summed E-state index contributed by atoms with van der Waals surface area (Å²) in [6.45, 7) is 7.02. The monoisotopic (exact) mass is 262 g/mol. The van der Waals surface area contributed by atoms with Gasteiger partial charge in [-0.1, -0.05) is 0 Å². The summed E-state index contributed by atoms with van der Waals surface area (Å²) in [7, 11) is 0. The number of rotatable bonds is 3. The zero-order valence-electron chi connectivity index (χ0n) is 11.6. The predicted molar refractivity (Wildman–Crippen MR) is 74.6 cm³/mol. The summed E-state index contributed by atoms with van der Waals surface area (Å²) in [5, 5.41) is 3.49. The fourth-order valence-corrected chi connectivity index (χ4v) is 3.24. The second-order valence-corrected chi connectivity index (χ2v) is 5.58. The summed E-state index contributed by atoms with van der Waals surface area (Å²) >= 11 is 0. The first kappa shape index (κ1) is 12.7. The quantitative estimate of drug-likeness (QED) is 0.893. The lowest BCUT2D eigenvalue weighted by molar-refractivity contribution is 0.258. The topological polar surface area (TPSA) is 50.3 Å². The van der Waals surface area contributed by atoms with Crippen LogP contribution in [0.25, 0.3) is 0 Å². The zero-order valence-corrected chi connectivity index (χ0v) is 11.6. The smallest absolute Gasteiger partial charge is 0.228 e. The first-order chi connectivity index (χ1) is 9.31. The van der Waals surface area contributed by atoms with Crippen LogP contribution in [-0.2, 0) is 0 Å². The normalized spacial score (nSPS) is 26.9. The Hall–Kier alpha value is -1.36. The van der Waals surface area contributed by atoms with Crippen LogP contribution in [0.15, 0.2) is 12.3 Å². The molecule has 0 unspecified atom stereocenters. The van der Waals surface area contributed by atoms with Gasteiger partial charge in [0.05, 0.1) is 6.61 Å². The molecule has 1 spiro atoms. The van der Waals surface area contributed by atoms with Crippen molar-refractivity contribution in [2.75, 3.05) is 37.7 Å². The average molecular weight is 262 g/mol. The van der Waals surface area contributed by atoms with Gasteiger partial charge in [0.2, 0.25) is 11.8 Å². The standard InChI is InChI=1S/C14H22N4O/c1-2-19-12-4-7-16-13(17-12)18-9-3-5-14(11-18)6-8-15-10-14/h4,7,15H,2-3,5-6,8-11H2,1H3/t14-/m0/s1. The second-order valence-electron chi connectivity index (χ2n) is 5.58. The van der Waals surface area contributed by atoms with Crippen LogP contribution in [-0.4, -0.2) is 42.8 Å². The lowest BCUT2D eigenvalue weighted by Crippen LogP contribution is -2.45. The Labute approximate surface area is 114 Å². The summed E-state index contributed by atoms with van der Waals surface area (Å²) in [4.78, 5) is 11.2. The summed E-state index contributed by atoms with van der Waals surface area (Å²) in [5.74, 6) is 1.49. The van der Waals surface area contributed by atoms with Gasteiger partial charge < -0.3 is 15.0 Å². The molecule has 2 aliphatic heterocycles. The maximum Gasteiger partial charge on any atom is 0.228 e. The Balaban J connectivity index is 1.75. The minimum absolute atomic E-state index is 0.434. The highest BCUT2D eigenvalue weighted by atomic mass is 16.5. The predicted octanol–water partition coefficient (Wildman–Crippen LogP) is 1.46. The Bertz CT molecular complexity index is 431. The molecule has 1 aromatic heterocycles. The van der Waals surface area contributed by atoms with Crippen molar-refractivity contribution < 1.29 is 4.74 Å². The van der Waals surface area contributed by atoms with Crippen molar-refractivity contribution in [3.63, 3.8) is 0 Å². The molecule has 2 aliphatic rings. The van der Waals surface area contributed by atoms with Crippen LogP contribution in [0.2, 0.25) is 0 Å². The molecule has 0 bridgehead atoms. The number of aromatic nitrogens is 2. The summed E-state index contributed by atoms with van der Waals surface area (Å²) in [5.41, 5.74) is 0.434. The van der Waals surface area contributed by atoms with Gasteiger partial charge in [0.1, 0.15) is 0 Å². The maximum absolute atomic E-state index is 5.46. The fraction of sp³-hybridized carbons (Fsp3) is 0.714. The molecule has 1 N–H and O–H groups in total. The second kappa shape index (κ2) is 5.33. The van der Waals surface area contributed by atoms with Crippen molar-refractivity contribution in [3.8, 4) is 5.88 Å². The van der Waals surface area contributed by atoms with Gasteiger partial charge in [-0.2, -0.15) is 4.98 Å². The van der Waals surface area contributed by atoms with Crippen LogP contribution >= 0.6 is 0 Å². The molecule has 0 aliphatic carbocycles. The molecule has 0 amide bonds. The third-order valence-electron chi connectivity index (χ3n) is 4.19. The highest BCUT2D eigenvalue weighted by molar-refractivity contribution is 5.33. The summed E-state index contributed by atoms with van der Waals surface area (Å²) < 4.78 is 5.46. The van der Waals surface area contributed by atoms with Crippen LogP contribution in [0.4, 0.5) is 5.95 Å². The Morgan fingerprint density at radius 3 is 3.21 bits per heavy atom. The van der Waals surface area contributed by atoms with Gasteiger partial charge in [0.25, 0.3) is 0 Å². The highest BCUT2D eigenvalue weighted by Crippen LogP contribution is 2.36. The zero-order chi connectivity index (χ0) is 13.1. The summed E-state index contributed by atoms with van der Waals surface area (Å²) in [6, 6.07) is 1.82. The van der Waals surface area contributed by atoms with E-state index in [4.69, 9.17) is 4.74 Å². The first-order valence-electron chi connectivity index (χ1n) is 7.23. The summed E-state index contributed by atoms with van der Waals surface area (Å²) in [6.07, 6.45) is 5.61. The Morgan fingerprint density at radius 2 is 2.42 bits per heavy atom. The Morgan fingerprint density at radius 1 is 1.47 bits per heavy atom. The molecule has 5 nitrogen and oxygen atoms in total. The van der Waals surface area contributed by atoms with Crippen LogP contribution in [0.3, 0.4) is 0 Å². The number of hydrogen-bond donors (Lipinski definition) is 1. The molecule has 5 heteroatoms. The molecule has 2 saturated heterocycles. The molecule has 0 aromatic carbocycles.